The maximum atomic E-state index is 13.1. The quantitative estimate of drug-likeness (QED) is 0.691. The smallest absolute Gasteiger partial charge is 0.255 e. The Bertz CT molecular complexity index is 850. The molecule has 0 aliphatic heterocycles. The van der Waals surface area contributed by atoms with Crippen molar-refractivity contribution in [3.63, 3.8) is 0 Å². The summed E-state index contributed by atoms with van der Waals surface area (Å²) in [6.07, 6.45) is 0. The van der Waals surface area contributed by atoms with Crippen LogP contribution in [0.3, 0.4) is 0 Å². The van der Waals surface area contributed by atoms with E-state index in [-0.39, 0.29) is 17.0 Å². The van der Waals surface area contributed by atoms with Gasteiger partial charge < -0.3 is 14.8 Å². The van der Waals surface area contributed by atoms with Gasteiger partial charge in [0.2, 0.25) is 0 Å². The molecular formula is C22H18NO3-. The molecule has 0 aliphatic carbocycles. The minimum Gasteiger partial charge on any atom is -0.545 e. The summed E-state index contributed by atoms with van der Waals surface area (Å²) in [5, 5.41) is 11.4. The molecule has 1 amide bonds. The van der Waals surface area contributed by atoms with Crippen LogP contribution in [0.25, 0.3) is 0 Å². The summed E-state index contributed by atoms with van der Waals surface area (Å²) in [6, 6.07) is 25.4. The number of carboxylic acid groups (broad SMARTS) is 1. The summed E-state index contributed by atoms with van der Waals surface area (Å²) in [6.45, 7) is 0.770. The lowest BCUT2D eigenvalue weighted by Crippen LogP contribution is -2.33. The predicted octanol–water partition coefficient (Wildman–Crippen LogP) is 2.89. The lowest BCUT2D eigenvalue weighted by molar-refractivity contribution is -0.255. The molecule has 0 radical (unpaired) electrons. The second kappa shape index (κ2) is 8.12. The summed E-state index contributed by atoms with van der Waals surface area (Å²) >= 11 is 0. The molecular weight excluding hydrogens is 326 g/mol. The van der Waals surface area contributed by atoms with Gasteiger partial charge in [-0.15, -0.1) is 0 Å². The number of hydrogen-bond acceptors (Lipinski definition) is 3. The van der Waals surface area contributed by atoms with Crippen molar-refractivity contribution < 1.29 is 14.7 Å². The van der Waals surface area contributed by atoms with Crippen LogP contribution < -0.4 is 5.11 Å². The largest absolute Gasteiger partial charge is 0.545 e. The average molecular weight is 344 g/mol. The van der Waals surface area contributed by atoms with Crippen LogP contribution in [0.15, 0.2) is 84.9 Å². The first-order valence-corrected chi connectivity index (χ1v) is 8.32. The SMILES string of the molecule is O=C([O-])c1ccccc1C(=O)N(Cc1ccccc1)Cc1ccccc1. The van der Waals surface area contributed by atoms with Crippen molar-refractivity contribution in [2.75, 3.05) is 0 Å². The van der Waals surface area contributed by atoms with E-state index in [4.69, 9.17) is 0 Å². The van der Waals surface area contributed by atoms with Crippen LogP contribution in [-0.4, -0.2) is 16.8 Å². The second-order valence-corrected chi connectivity index (χ2v) is 5.97. The van der Waals surface area contributed by atoms with Crippen LogP contribution in [0, 0.1) is 0 Å². The molecule has 0 aliphatic rings. The first-order valence-electron chi connectivity index (χ1n) is 8.32. The Balaban J connectivity index is 1.94. The van der Waals surface area contributed by atoms with Gasteiger partial charge in [-0.25, -0.2) is 0 Å². The van der Waals surface area contributed by atoms with Gasteiger partial charge in [0.25, 0.3) is 5.91 Å². The van der Waals surface area contributed by atoms with E-state index in [1.807, 2.05) is 60.7 Å². The van der Waals surface area contributed by atoms with Crippen molar-refractivity contribution in [2.45, 2.75) is 13.1 Å². The Labute approximate surface area is 152 Å². The molecule has 0 aromatic heterocycles. The molecule has 0 N–H and O–H groups in total. The average Bonchev–Trinajstić information content (AvgIpc) is 2.68. The number of aromatic carboxylic acids is 1. The molecule has 130 valence electrons. The van der Waals surface area contributed by atoms with Crippen LogP contribution in [-0.2, 0) is 13.1 Å². The number of amides is 1. The normalized spacial score (nSPS) is 10.3. The zero-order chi connectivity index (χ0) is 18.4. The fourth-order valence-electron chi connectivity index (χ4n) is 2.83. The van der Waals surface area contributed by atoms with Gasteiger partial charge in [0.05, 0.1) is 5.97 Å². The Morgan fingerprint density at radius 2 is 1.08 bits per heavy atom. The zero-order valence-corrected chi connectivity index (χ0v) is 14.2. The van der Waals surface area contributed by atoms with E-state index in [0.29, 0.717) is 13.1 Å². The number of rotatable bonds is 6. The predicted molar refractivity (Wildman–Crippen MR) is 97.2 cm³/mol. The maximum absolute atomic E-state index is 13.1. The monoisotopic (exact) mass is 344 g/mol. The highest BCUT2D eigenvalue weighted by molar-refractivity contribution is 6.04. The van der Waals surface area contributed by atoms with Crippen LogP contribution >= 0.6 is 0 Å². The van der Waals surface area contributed by atoms with Gasteiger partial charge in [0, 0.05) is 24.2 Å². The zero-order valence-electron chi connectivity index (χ0n) is 14.2. The summed E-state index contributed by atoms with van der Waals surface area (Å²) < 4.78 is 0. The number of hydrogen-bond donors (Lipinski definition) is 0. The topological polar surface area (TPSA) is 60.4 Å². The van der Waals surface area contributed by atoms with Crippen LogP contribution in [0.4, 0.5) is 0 Å². The van der Waals surface area contributed by atoms with Crippen molar-refractivity contribution in [1.29, 1.82) is 0 Å². The van der Waals surface area contributed by atoms with Gasteiger partial charge in [-0.3, -0.25) is 4.79 Å². The Kier molecular flexibility index (Phi) is 5.44. The summed E-state index contributed by atoms with van der Waals surface area (Å²) in [5.41, 5.74) is 1.99. The standard InChI is InChI=1S/C22H19NO3/c24-21(19-13-7-8-14-20(19)22(25)26)23(15-17-9-3-1-4-10-17)16-18-11-5-2-6-12-18/h1-14H,15-16H2,(H,25,26)/p-1. The van der Waals surface area contributed by atoms with Crippen molar-refractivity contribution in [2.24, 2.45) is 0 Å². The summed E-state index contributed by atoms with van der Waals surface area (Å²) in [7, 11) is 0. The Hall–Kier alpha value is -3.40. The Morgan fingerprint density at radius 1 is 0.654 bits per heavy atom. The molecule has 0 bridgehead atoms. The fourth-order valence-corrected chi connectivity index (χ4v) is 2.83. The molecule has 0 saturated carbocycles. The van der Waals surface area contributed by atoms with Gasteiger partial charge >= 0.3 is 0 Å². The highest BCUT2D eigenvalue weighted by Gasteiger charge is 2.19. The van der Waals surface area contributed by atoms with Crippen molar-refractivity contribution in [1.82, 2.24) is 4.90 Å². The number of carbonyl (C=O) groups is 2. The molecule has 4 nitrogen and oxygen atoms in total. The van der Waals surface area contributed by atoms with Gasteiger partial charge in [-0.2, -0.15) is 0 Å². The summed E-state index contributed by atoms with van der Waals surface area (Å²) in [4.78, 5) is 26.1. The molecule has 4 heteroatoms. The third-order valence-corrected chi connectivity index (χ3v) is 4.10. The van der Waals surface area contributed by atoms with Crippen molar-refractivity contribution in [3.05, 3.63) is 107 Å². The van der Waals surface area contributed by atoms with E-state index in [9.17, 15) is 14.7 Å². The minimum absolute atomic E-state index is 0.0939. The number of nitrogens with zero attached hydrogens (tertiary/aromatic N) is 1. The molecule has 3 aromatic carbocycles. The molecule has 0 heterocycles. The third-order valence-electron chi connectivity index (χ3n) is 4.10. The number of carboxylic acids is 1. The lowest BCUT2D eigenvalue weighted by atomic mass is 10.1. The van der Waals surface area contributed by atoms with E-state index in [2.05, 4.69) is 0 Å². The van der Waals surface area contributed by atoms with Gasteiger partial charge in [-0.05, 0) is 17.2 Å². The number of carbonyl (C=O) groups excluding carboxylic acids is 2. The molecule has 3 rings (SSSR count). The van der Waals surface area contributed by atoms with E-state index in [0.717, 1.165) is 11.1 Å². The first kappa shape index (κ1) is 17.4. The van der Waals surface area contributed by atoms with Crippen LogP contribution in [0.2, 0.25) is 0 Å². The van der Waals surface area contributed by atoms with Gasteiger partial charge in [0.1, 0.15) is 0 Å². The molecule has 26 heavy (non-hydrogen) atoms. The fraction of sp³-hybridized carbons (Fsp3) is 0.0909. The van der Waals surface area contributed by atoms with Gasteiger partial charge in [0.15, 0.2) is 0 Å². The third kappa shape index (κ3) is 4.16. The molecule has 3 aromatic rings. The number of benzene rings is 3. The van der Waals surface area contributed by atoms with Crippen LogP contribution in [0.5, 0.6) is 0 Å². The molecule has 0 fully saturated rings. The maximum Gasteiger partial charge on any atom is 0.255 e. The van der Waals surface area contributed by atoms with E-state index in [1.165, 1.54) is 12.1 Å². The summed E-state index contributed by atoms with van der Waals surface area (Å²) in [5.74, 6) is -1.69. The van der Waals surface area contributed by atoms with Crippen molar-refractivity contribution >= 4 is 11.9 Å². The second-order valence-electron chi connectivity index (χ2n) is 5.97. The molecule has 0 saturated heterocycles. The van der Waals surface area contributed by atoms with Crippen molar-refractivity contribution in [3.8, 4) is 0 Å². The van der Waals surface area contributed by atoms with E-state index < -0.39 is 5.97 Å². The molecule has 0 unspecified atom stereocenters. The van der Waals surface area contributed by atoms with Gasteiger partial charge in [-0.1, -0.05) is 78.9 Å². The Morgan fingerprint density at radius 3 is 1.54 bits per heavy atom. The van der Waals surface area contributed by atoms with E-state index >= 15 is 0 Å². The first-order chi connectivity index (χ1) is 12.6. The highest BCUT2D eigenvalue weighted by atomic mass is 16.4. The molecule has 0 spiro atoms. The lowest BCUT2D eigenvalue weighted by Gasteiger charge is -2.24. The minimum atomic E-state index is -1.35. The highest BCUT2D eigenvalue weighted by Crippen LogP contribution is 2.17. The van der Waals surface area contributed by atoms with E-state index in [1.54, 1.807) is 17.0 Å². The van der Waals surface area contributed by atoms with Crippen LogP contribution in [0.1, 0.15) is 31.8 Å². The molecule has 0 atom stereocenters.